The van der Waals surface area contributed by atoms with Crippen molar-refractivity contribution in [1.29, 1.82) is 0 Å². The summed E-state index contributed by atoms with van der Waals surface area (Å²) in [7, 11) is 0. The average molecular weight is 244 g/mol. The van der Waals surface area contributed by atoms with Crippen molar-refractivity contribution in [3.63, 3.8) is 0 Å². The Balaban J connectivity index is 1.74. The number of fused-ring (bicyclic) bond motifs is 1. The monoisotopic (exact) mass is 243 g/mol. The Kier molecular flexibility index (Phi) is 2.32. The number of nitrogens with zero attached hydrogens (tertiary/aromatic N) is 1. The topological polar surface area (TPSA) is 23.5 Å². The molecule has 2 aliphatic heterocycles. The molecule has 0 amide bonds. The van der Waals surface area contributed by atoms with Gasteiger partial charge in [0.2, 0.25) is 0 Å². The maximum absolute atomic E-state index is 9.45. The normalized spacial score (nSPS) is 34.4. The molecule has 3 heterocycles. The van der Waals surface area contributed by atoms with Gasteiger partial charge in [0, 0.05) is 23.5 Å². The second-order valence-corrected chi connectivity index (χ2v) is 6.54. The van der Waals surface area contributed by atoms with Gasteiger partial charge in [0.25, 0.3) is 0 Å². The van der Waals surface area contributed by atoms with Crippen molar-refractivity contribution in [3.05, 3.63) is 21.3 Å². The van der Waals surface area contributed by atoms with Gasteiger partial charge < -0.3 is 5.11 Å². The van der Waals surface area contributed by atoms with E-state index in [9.17, 15) is 5.11 Å². The maximum atomic E-state index is 9.45. The second-order valence-electron chi connectivity index (χ2n) is 4.74. The lowest BCUT2D eigenvalue weighted by Crippen LogP contribution is -2.48. The summed E-state index contributed by atoms with van der Waals surface area (Å²) in [4.78, 5) is 3.74. The van der Waals surface area contributed by atoms with Crippen molar-refractivity contribution in [2.45, 2.75) is 24.9 Å². The summed E-state index contributed by atoms with van der Waals surface area (Å²) in [5.74, 6) is 0.826. The average Bonchev–Trinajstić information content (AvgIpc) is 2.78. The van der Waals surface area contributed by atoms with Gasteiger partial charge in [-0.25, -0.2) is 0 Å². The third-order valence-electron chi connectivity index (χ3n) is 3.76. The molecule has 1 aromatic rings. The smallest absolute Gasteiger partial charge is 0.0931 e. The Labute approximate surface area is 98.5 Å². The van der Waals surface area contributed by atoms with Crippen LogP contribution in [0.4, 0.5) is 0 Å². The van der Waals surface area contributed by atoms with Crippen molar-refractivity contribution in [1.82, 2.24) is 4.90 Å². The highest BCUT2D eigenvalue weighted by atomic mass is 35.5. The molecule has 3 aliphatic rings. The maximum Gasteiger partial charge on any atom is 0.0931 e. The first-order chi connectivity index (χ1) is 7.22. The first-order valence-corrected chi connectivity index (χ1v) is 6.51. The molecule has 0 spiro atoms. The summed E-state index contributed by atoms with van der Waals surface area (Å²) >= 11 is 7.56. The van der Waals surface area contributed by atoms with E-state index < -0.39 is 0 Å². The van der Waals surface area contributed by atoms with Crippen LogP contribution in [0, 0.1) is 5.92 Å². The summed E-state index contributed by atoms with van der Waals surface area (Å²) in [5.41, 5.74) is 0.112. The molecule has 0 atom stereocenters. The molecule has 0 radical (unpaired) electrons. The highest BCUT2D eigenvalue weighted by Crippen LogP contribution is 2.50. The standard InChI is InChI=1S/C11H14ClNOS/c12-10-2-1-9(15-10)6-13-5-8-3-11(13,4-8)7-14/h1-2,8,14H,3-7H2. The Morgan fingerprint density at radius 1 is 1.53 bits per heavy atom. The largest absolute Gasteiger partial charge is 0.394 e. The van der Waals surface area contributed by atoms with Crippen LogP contribution in [0.1, 0.15) is 17.7 Å². The van der Waals surface area contributed by atoms with E-state index in [-0.39, 0.29) is 5.54 Å². The van der Waals surface area contributed by atoms with Gasteiger partial charge in [-0.3, -0.25) is 4.90 Å². The highest BCUT2D eigenvalue weighted by molar-refractivity contribution is 7.16. The summed E-state index contributed by atoms with van der Waals surface area (Å²) < 4.78 is 0.856. The van der Waals surface area contributed by atoms with Crippen LogP contribution in [0.5, 0.6) is 0 Å². The van der Waals surface area contributed by atoms with Gasteiger partial charge in [0.05, 0.1) is 10.9 Å². The summed E-state index contributed by atoms with van der Waals surface area (Å²) in [5, 5.41) is 9.45. The molecule has 2 saturated heterocycles. The molecule has 15 heavy (non-hydrogen) atoms. The van der Waals surface area contributed by atoms with Crippen LogP contribution < -0.4 is 0 Å². The number of hydrogen-bond donors (Lipinski definition) is 1. The van der Waals surface area contributed by atoms with Crippen molar-refractivity contribution in [3.8, 4) is 0 Å². The van der Waals surface area contributed by atoms with Crippen molar-refractivity contribution in [2.24, 2.45) is 5.92 Å². The van der Waals surface area contributed by atoms with Gasteiger partial charge in [0.15, 0.2) is 0 Å². The van der Waals surface area contributed by atoms with Crippen LogP contribution in [-0.2, 0) is 6.54 Å². The number of aliphatic hydroxyl groups excluding tert-OH is 1. The van der Waals surface area contributed by atoms with E-state index in [1.54, 1.807) is 11.3 Å². The quantitative estimate of drug-likeness (QED) is 0.881. The van der Waals surface area contributed by atoms with Gasteiger partial charge in [-0.1, -0.05) is 11.6 Å². The van der Waals surface area contributed by atoms with Crippen LogP contribution in [0.15, 0.2) is 12.1 Å². The first kappa shape index (κ1) is 10.1. The van der Waals surface area contributed by atoms with Crippen LogP contribution in [0.2, 0.25) is 4.34 Å². The lowest BCUT2D eigenvalue weighted by atomic mass is 9.74. The molecule has 2 bridgehead atoms. The van der Waals surface area contributed by atoms with Crippen LogP contribution in [-0.4, -0.2) is 28.7 Å². The molecule has 1 aromatic heterocycles. The third-order valence-corrected chi connectivity index (χ3v) is 4.97. The van der Waals surface area contributed by atoms with Crippen molar-refractivity contribution >= 4 is 22.9 Å². The van der Waals surface area contributed by atoms with E-state index >= 15 is 0 Å². The fraction of sp³-hybridized carbons (Fsp3) is 0.636. The summed E-state index contributed by atoms with van der Waals surface area (Å²) in [6, 6.07) is 4.04. The van der Waals surface area contributed by atoms with Crippen LogP contribution in [0.3, 0.4) is 0 Å². The Hall–Kier alpha value is -0.0900. The van der Waals surface area contributed by atoms with E-state index in [0.29, 0.717) is 6.61 Å². The minimum atomic E-state index is 0.112. The molecule has 0 unspecified atom stereocenters. The molecule has 1 saturated carbocycles. The number of thiophene rings is 1. The molecule has 2 nitrogen and oxygen atoms in total. The Morgan fingerprint density at radius 2 is 2.33 bits per heavy atom. The lowest BCUT2D eigenvalue weighted by Gasteiger charge is -2.40. The van der Waals surface area contributed by atoms with Crippen molar-refractivity contribution < 1.29 is 5.11 Å². The zero-order valence-corrected chi connectivity index (χ0v) is 10.0. The fourth-order valence-electron chi connectivity index (χ4n) is 2.99. The van der Waals surface area contributed by atoms with E-state index in [2.05, 4.69) is 11.0 Å². The molecule has 1 N–H and O–H groups in total. The molecular formula is C11H14ClNOS. The third kappa shape index (κ3) is 1.53. The summed E-state index contributed by atoms with van der Waals surface area (Å²) in [6.45, 7) is 2.41. The second kappa shape index (κ2) is 3.45. The number of halogens is 1. The molecule has 0 aromatic carbocycles. The Bertz CT molecular complexity index is 372. The predicted octanol–water partition coefficient (Wildman–Crippen LogP) is 2.36. The zero-order chi connectivity index (χ0) is 10.5. The van der Waals surface area contributed by atoms with Gasteiger partial charge >= 0.3 is 0 Å². The molecule has 82 valence electrons. The first-order valence-electron chi connectivity index (χ1n) is 5.32. The number of aliphatic hydroxyl groups is 1. The minimum absolute atomic E-state index is 0.112. The SMILES string of the molecule is OCC12CC(CN1Cc1ccc(Cl)s1)C2. The molecule has 4 heteroatoms. The molecule has 1 aliphatic carbocycles. The molecular weight excluding hydrogens is 230 g/mol. The number of rotatable bonds is 3. The van der Waals surface area contributed by atoms with E-state index in [1.165, 1.54) is 17.7 Å². The summed E-state index contributed by atoms with van der Waals surface area (Å²) in [6.07, 6.45) is 2.37. The van der Waals surface area contributed by atoms with Crippen molar-refractivity contribution in [2.75, 3.05) is 13.2 Å². The van der Waals surface area contributed by atoms with Crippen LogP contribution in [0.25, 0.3) is 0 Å². The van der Waals surface area contributed by atoms with E-state index in [0.717, 1.165) is 23.3 Å². The van der Waals surface area contributed by atoms with E-state index in [1.807, 2.05) is 6.07 Å². The number of hydrogen-bond acceptors (Lipinski definition) is 3. The van der Waals surface area contributed by atoms with Crippen LogP contribution >= 0.6 is 22.9 Å². The van der Waals surface area contributed by atoms with Gasteiger partial charge in [0.1, 0.15) is 0 Å². The van der Waals surface area contributed by atoms with Gasteiger partial charge in [-0.05, 0) is 30.9 Å². The lowest BCUT2D eigenvalue weighted by molar-refractivity contribution is 0.0340. The van der Waals surface area contributed by atoms with Gasteiger partial charge in [-0.2, -0.15) is 0 Å². The zero-order valence-electron chi connectivity index (χ0n) is 8.45. The molecule has 4 rings (SSSR count). The minimum Gasteiger partial charge on any atom is -0.394 e. The van der Waals surface area contributed by atoms with E-state index in [4.69, 9.17) is 11.6 Å². The fourth-order valence-corrected chi connectivity index (χ4v) is 4.10. The Morgan fingerprint density at radius 3 is 2.93 bits per heavy atom. The highest BCUT2D eigenvalue weighted by Gasteiger charge is 2.55. The molecule has 3 fully saturated rings. The van der Waals surface area contributed by atoms with Gasteiger partial charge in [-0.15, -0.1) is 11.3 Å². The predicted molar refractivity (Wildman–Crippen MR) is 62.3 cm³/mol.